The molecule has 0 bridgehead atoms. The molecule has 5 heteroatoms. The van der Waals surface area contributed by atoms with E-state index in [0.29, 0.717) is 11.3 Å². The van der Waals surface area contributed by atoms with Crippen LogP contribution in [0.3, 0.4) is 0 Å². The molecule has 18 heavy (non-hydrogen) atoms. The van der Waals surface area contributed by atoms with Gasteiger partial charge in [-0.3, -0.25) is 10.1 Å². The first-order chi connectivity index (χ1) is 8.70. The fourth-order valence-electron chi connectivity index (χ4n) is 2.38. The Morgan fingerprint density at radius 2 is 2.11 bits per heavy atom. The molecule has 1 N–H and O–H groups in total. The van der Waals surface area contributed by atoms with Crippen molar-refractivity contribution in [3.8, 4) is 0 Å². The van der Waals surface area contributed by atoms with Gasteiger partial charge in [0.1, 0.15) is 0 Å². The number of nitro groups is 1. The fourth-order valence-corrected chi connectivity index (χ4v) is 3.71. The highest BCUT2D eigenvalue weighted by Gasteiger charge is 2.27. The molecule has 2 unspecified atom stereocenters. The summed E-state index contributed by atoms with van der Waals surface area (Å²) in [6.45, 7) is 3.13. The van der Waals surface area contributed by atoms with Crippen LogP contribution in [0, 0.1) is 10.1 Å². The first-order valence-electron chi connectivity index (χ1n) is 6.35. The number of hydrogen-bond donors (Lipinski definition) is 1. The lowest BCUT2D eigenvalue weighted by Gasteiger charge is -2.19. The molecule has 1 aromatic carbocycles. The van der Waals surface area contributed by atoms with Gasteiger partial charge in [-0.1, -0.05) is 13.3 Å². The second kappa shape index (κ2) is 6.20. The standard InChI is InChI=1S/C13H18N2O2S/c1-2-14-12-4-3-5-13(12)18-11-8-6-10(7-9-11)15(16)17/h6-9,12-14H,2-5H2,1H3. The lowest BCUT2D eigenvalue weighted by Crippen LogP contribution is -2.33. The molecule has 0 aliphatic heterocycles. The van der Waals surface area contributed by atoms with E-state index in [0.717, 1.165) is 11.4 Å². The highest BCUT2D eigenvalue weighted by Crippen LogP contribution is 2.35. The highest BCUT2D eigenvalue weighted by molar-refractivity contribution is 8.00. The van der Waals surface area contributed by atoms with Crippen LogP contribution in [0.5, 0.6) is 0 Å². The molecule has 0 aromatic heterocycles. The van der Waals surface area contributed by atoms with Gasteiger partial charge in [-0.15, -0.1) is 11.8 Å². The van der Waals surface area contributed by atoms with E-state index in [2.05, 4.69) is 12.2 Å². The number of nitrogens with one attached hydrogen (secondary N) is 1. The lowest BCUT2D eigenvalue weighted by molar-refractivity contribution is -0.384. The average molecular weight is 266 g/mol. The predicted octanol–water partition coefficient (Wildman–Crippen LogP) is 3.22. The largest absolute Gasteiger partial charge is 0.313 e. The quantitative estimate of drug-likeness (QED) is 0.656. The van der Waals surface area contributed by atoms with Crippen LogP contribution in [0.4, 0.5) is 5.69 Å². The van der Waals surface area contributed by atoms with Crippen molar-refractivity contribution in [1.29, 1.82) is 0 Å². The minimum absolute atomic E-state index is 0.161. The van der Waals surface area contributed by atoms with Crippen molar-refractivity contribution in [2.24, 2.45) is 0 Å². The van der Waals surface area contributed by atoms with Crippen LogP contribution < -0.4 is 5.32 Å². The minimum atomic E-state index is -0.356. The van der Waals surface area contributed by atoms with Gasteiger partial charge in [0, 0.05) is 28.3 Å². The number of nitro benzene ring substituents is 1. The van der Waals surface area contributed by atoms with E-state index in [9.17, 15) is 10.1 Å². The Morgan fingerprint density at radius 3 is 2.72 bits per heavy atom. The molecule has 2 rings (SSSR count). The maximum absolute atomic E-state index is 10.6. The molecule has 0 radical (unpaired) electrons. The van der Waals surface area contributed by atoms with Gasteiger partial charge in [0.15, 0.2) is 0 Å². The number of non-ortho nitro benzene ring substituents is 1. The van der Waals surface area contributed by atoms with Crippen LogP contribution >= 0.6 is 11.8 Å². The van der Waals surface area contributed by atoms with Gasteiger partial charge in [-0.2, -0.15) is 0 Å². The highest BCUT2D eigenvalue weighted by atomic mass is 32.2. The maximum Gasteiger partial charge on any atom is 0.269 e. The van der Waals surface area contributed by atoms with Gasteiger partial charge in [-0.05, 0) is 31.5 Å². The van der Waals surface area contributed by atoms with E-state index >= 15 is 0 Å². The number of benzene rings is 1. The summed E-state index contributed by atoms with van der Waals surface area (Å²) >= 11 is 1.83. The zero-order valence-electron chi connectivity index (χ0n) is 10.5. The van der Waals surface area contributed by atoms with Gasteiger partial charge < -0.3 is 5.32 Å². The van der Waals surface area contributed by atoms with Crippen LogP contribution in [0.1, 0.15) is 26.2 Å². The van der Waals surface area contributed by atoms with Crippen molar-refractivity contribution in [2.45, 2.75) is 42.4 Å². The summed E-state index contributed by atoms with van der Waals surface area (Å²) in [5.41, 5.74) is 0.161. The van der Waals surface area contributed by atoms with Crippen molar-refractivity contribution in [3.05, 3.63) is 34.4 Å². The molecule has 1 aliphatic rings. The zero-order valence-corrected chi connectivity index (χ0v) is 11.3. The second-order valence-electron chi connectivity index (χ2n) is 4.50. The molecular weight excluding hydrogens is 248 g/mol. The smallest absolute Gasteiger partial charge is 0.269 e. The predicted molar refractivity (Wildman–Crippen MR) is 74.1 cm³/mol. The summed E-state index contributed by atoms with van der Waals surface area (Å²) in [5.74, 6) is 0. The summed E-state index contributed by atoms with van der Waals surface area (Å²) in [6.07, 6.45) is 3.72. The van der Waals surface area contributed by atoms with Gasteiger partial charge in [-0.25, -0.2) is 0 Å². The normalized spacial score (nSPS) is 23.2. The third kappa shape index (κ3) is 3.23. The van der Waals surface area contributed by atoms with E-state index in [1.54, 1.807) is 12.1 Å². The summed E-state index contributed by atoms with van der Waals surface area (Å²) < 4.78 is 0. The van der Waals surface area contributed by atoms with E-state index in [4.69, 9.17) is 0 Å². The Morgan fingerprint density at radius 1 is 1.39 bits per heavy atom. The molecule has 4 nitrogen and oxygen atoms in total. The minimum Gasteiger partial charge on any atom is -0.313 e. The Bertz CT molecular complexity index is 408. The van der Waals surface area contributed by atoms with Crippen LogP contribution in [-0.4, -0.2) is 22.8 Å². The van der Waals surface area contributed by atoms with Crippen LogP contribution in [-0.2, 0) is 0 Å². The van der Waals surface area contributed by atoms with Gasteiger partial charge in [0.05, 0.1) is 4.92 Å². The Kier molecular flexibility index (Phi) is 4.60. The molecule has 1 aromatic rings. The fraction of sp³-hybridized carbons (Fsp3) is 0.538. The number of nitrogens with zero attached hydrogens (tertiary/aromatic N) is 1. The molecule has 0 heterocycles. The number of hydrogen-bond acceptors (Lipinski definition) is 4. The van der Waals surface area contributed by atoms with Crippen LogP contribution in [0.2, 0.25) is 0 Å². The second-order valence-corrected chi connectivity index (χ2v) is 5.81. The Balaban J connectivity index is 1.98. The third-order valence-corrected chi connectivity index (χ3v) is 4.67. The average Bonchev–Trinajstić information content (AvgIpc) is 2.78. The van der Waals surface area contributed by atoms with Gasteiger partial charge in [0.25, 0.3) is 5.69 Å². The molecule has 2 atom stereocenters. The van der Waals surface area contributed by atoms with Gasteiger partial charge in [0.2, 0.25) is 0 Å². The molecule has 0 saturated heterocycles. The SMILES string of the molecule is CCNC1CCCC1Sc1ccc([N+](=O)[O-])cc1. The van der Waals surface area contributed by atoms with Crippen molar-refractivity contribution in [3.63, 3.8) is 0 Å². The maximum atomic E-state index is 10.6. The Hall–Kier alpha value is -1.07. The summed E-state index contributed by atoms with van der Waals surface area (Å²) in [7, 11) is 0. The van der Waals surface area contributed by atoms with Crippen molar-refractivity contribution >= 4 is 17.4 Å². The van der Waals surface area contributed by atoms with E-state index in [1.165, 1.54) is 19.3 Å². The molecule has 98 valence electrons. The van der Waals surface area contributed by atoms with E-state index < -0.39 is 0 Å². The molecule has 0 amide bonds. The third-order valence-electron chi connectivity index (χ3n) is 3.25. The van der Waals surface area contributed by atoms with Crippen molar-refractivity contribution in [1.82, 2.24) is 5.32 Å². The molecular formula is C13H18N2O2S. The number of rotatable bonds is 5. The number of thioether (sulfide) groups is 1. The van der Waals surface area contributed by atoms with Crippen molar-refractivity contribution < 1.29 is 4.92 Å². The zero-order chi connectivity index (χ0) is 13.0. The van der Waals surface area contributed by atoms with Crippen molar-refractivity contribution in [2.75, 3.05) is 6.54 Å². The van der Waals surface area contributed by atoms with Crippen LogP contribution in [0.25, 0.3) is 0 Å². The summed E-state index contributed by atoms with van der Waals surface area (Å²) in [5, 5.41) is 14.7. The first kappa shape index (κ1) is 13.4. The van der Waals surface area contributed by atoms with E-state index in [-0.39, 0.29) is 10.6 Å². The topological polar surface area (TPSA) is 55.2 Å². The van der Waals surface area contributed by atoms with E-state index in [1.807, 2.05) is 23.9 Å². The first-order valence-corrected chi connectivity index (χ1v) is 7.23. The summed E-state index contributed by atoms with van der Waals surface area (Å²) in [4.78, 5) is 11.3. The molecule has 1 aliphatic carbocycles. The van der Waals surface area contributed by atoms with Crippen LogP contribution in [0.15, 0.2) is 29.2 Å². The monoisotopic (exact) mass is 266 g/mol. The van der Waals surface area contributed by atoms with Gasteiger partial charge >= 0.3 is 0 Å². The molecule has 1 saturated carbocycles. The lowest BCUT2D eigenvalue weighted by atomic mass is 10.2. The Labute approximate surface area is 111 Å². The summed E-state index contributed by atoms with van der Waals surface area (Å²) in [6, 6.07) is 7.45. The molecule has 0 spiro atoms. The molecule has 1 fully saturated rings.